The van der Waals surface area contributed by atoms with Crippen molar-refractivity contribution in [1.82, 2.24) is 4.98 Å². The lowest BCUT2D eigenvalue weighted by molar-refractivity contribution is -0.0499. The zero-order chi connectivity index (χ0) is 18.4. The van der Waals surface area contributed by atoms with Gasteiger partial charge in [-0.2, -0.15) is 8.78 Å². The van der Waals surface area contributed by atoms with Gasteiger partial charge in [-0.05, 0) is 36.4 Å². The molecule has 0 bridgehead atoms. The normalized spacial score (nSPS) is 11.2. The molecule has 0 aliphatic heterocycles. The van der Waals surface area contributed by atoms with Gasteiger partial charge in [-0.3, -0.25) is 0 Å². The number of oxazole rings is 1. The van der Waals surface area contributed by atoms with E-state index in [4.69, 9.17) is 9.25 Å². The van der Waals surface area contributed by atoms with Crippen molar-refractivity contribution in [1.29, 1.82) is 0 Å². The van der Waals surface area contributed by atoms with Crippen molar-refractivity contribution in [2.45, 2.75) is 13.2 Å². The van der Waals surface area contributed by atoms with Gasteiger partial charge in [0.15, 0.2) is 6.61 Å². The number of nitrogens with zero attached hydrogens (tertiary/aromatic N) is 2. The Morgan fingerprint density at radius 1 is 1.12 bits per heavy atom. The van der Waals surface area contributed by atoms with Crippen LogP contribution in [0, 0.1) is 5.82 Å². The highest BCUT2D eigenvalue weighted by molar-refractivity contribution is 5.83. The molecule has 0 aliphatic rings. The molecule has 0 N–H and O–H groups in total. The molecule has 134 valence electrons. The van der Waals surface area contributed by atoms with Gasteiger partial charge in [0.2, 0.25) is 5.89 Å². The molecular weight excluding hydrogens is 349 g/mol. The minimum atomic E-state index is -2.93. The van der Waals surface area contributed by atoms with Gasteiger partial charge in [0.1, 0.15) is 23.5 Å². The van der Waals surface area contributed by atoms with Crippen LogP contribution in [0.3, 0.4) is 0 Å². The number of ether oxygens (including phenoxy) is 1. The number of benzene rings is 2. The number of hydrogen-bond acceptors (Lipinski definition) is 5. The van der Waals surface area contributed by atoms with Crippen molar-refractivity contribution in [2.75, 3.05) is 0 Å². The average molecular weight is 362 g/mol. The molecule has 26 heavy (non-hydrogen) atoms. The third kappa shape index (κ3) is 4.62. The van der Waals surface area contributed by atoms with E-state index in [1.54, 1.807) is 30.3 Å². The Labute approximate surface area is 146 Å². The zero-order valence-electron chi connectivity index (χ0n) is 13.3. The minimum absolute atomic E-state index is 0.00474. The summed E-state index contributed by atoms with van der Waals surface area (Å²) in [5.74, 6) is -0.0348. The maximum Gasteiger partial charge on any atom is 0.387 e. The van der Waals surface area contributed by atoms with Crippen LogP contribution >= 0.6 is 0 Å². The van der Waals surface area contributed by atoms with Crippen molar-refractivity contribution in [3.8, 4) is 17.2 Å². The maximum absolute atomic E-state index is 12.9. The second-order valence-electron chi connectivity index (χ2n) is 5.08. The predicted octanol–water partition coefficient (Wildman–Crippen LogP) is 4.63. The monoisotopic (exact) mass is 362 g/mol. The first-order chi connectivity index (χ1) is 12.6. The van der Waals surface area contributed by atoms with E-state index in [-0.39, 0.29) is 18.2 Å². The summed E-state index contributed by atoms with van der Waals surface area (Å²) in [6, 6.07) is 11.9. The molecule has 3 rings (SSSR count). The quantitative estimate of drug-likeness (QED) is 0.454. The van der Waals surface area contributed by atoms with E-state index < -0.39 is 6.61 Å². The van der Waals surface area contributed by atoms with Crippen LogP contribution in [-0.4, -0.2) is 17.8 Å². The minimum Gasteiger partial charge on any atom is -0.444 e. The van der Waals surface area contributed by atoms with Gasteiger partial charge >= 0.3 is 6.61 Å². The van der Waals surface area contributed by atoms with Crippen molar-refractivity contribution >= 4 is 6.21 Å². The summed E-state index contributed by atoms with van der Waals surface area (Å²) < 4.78 is 47.3. The number of aromatic nitrogens is 1. The Balaban J connectivity index is 1.59. The van der Waals surface area contributed by atoms with Gasteiger partial charge < -0.3 is 14.0 Å². The molecule has 0 fully saturated rings. The number of halogens is 3. The first kappa shape index (κ1) is 17.5. The number of hydrogen-bond donors (Lipinski definition) is 0. The highest BCUT2D eigenvalue weighted by Gasteiger charge is 2.09. The fraction of sp³-hybridized carbons (Fsp3) is 0.111. The molecule has 0 spiro atoms. The van der Waals surface area contributed by atoms with E-state index in [1.165, 1.54) is 30.7 Å². The molecule has 0 radical (unpaired) electrons. The molecule has 8 heteroatoms. The van der Waals surface area contributed by atoms with Gasteiger partial charge in [-0.1, -0.05) is 17.3 Å². The Morgan fingerprint density at radius 3 is 2.65 bits per heavy atom. The Morgan fingerprint density at radius 2 is 1.88 bits per heavy atom. The topological polar surface area (TPSA) is 56.9 Å². The first-order valence-electron chi connectivity index (χ1n) is 7.51. The fourth-order valence-corrected chi connectivity index (χ4v) is 2.09. The largest absolute Gasteiger partial charge is 0.444 e. The Kier molecular flexibility index (Phi) is 5.52. The van der Waals surface area contributed by atoms with E-state index in [0.717, 1.165) is 0 Å². The lowest BCUT2D eigenvalue weighted by Gasteiger charge is -2.06. The van der Waals surface area contributed by atoms with Crippen LogP contribution in [0.2, 0.25) is 0 Å². The maximum atomic E-state index is 12.9. The molecular formula is C18H13F3N2O3. The summed E-state index contributed by atoms with van der Waals surface area (Å²) in [6.07, 6.45) is 2.65. The molecule has 3 aromatic rings. The van der Waals surface area contributed by atoms with Crippen LogP contribution in [0.1, 0.15) is 11.3 Å². The molecule has 1 aromatic heterocycles. The van der Waals surface area contributed by atoms with Crippen molar-refractivity contribution in [3.63, 3.8) is 0 Å². The summed E-state index contributed by atoms with van der Waals surface area (Å²) in [7, 11) is 0. The van der Waals surface area contributed by atoms with Gasteiger partial charge in [0, 0.05) is 11.1 Å². The summed E-state index contributed by atoms with van der Waals surface area (Å²) in [5.41, 5.74) is 1.44. The molecule has 1 heterocycles. The first-order valence-corrected chi connectivity index (χ1v) is 7.51. The lowest BCUT2D eigenvalue weighted by Crippen LogP contribution is -2.04. The smallest absolute Gasteiger partial charge is 0.387 e. The number of para-hydroxylation sites is 1. The van der Waals surface area contributed by atoms with Crippen LogP contribution in [0.5, 0.6) is 5.75 Å². The summed E-state index contributed by atoms with van der Waals surface area (Å²) in [6.45, 7) is -2.91. The van der Waals surface area contributed by atoms with Gasteiger partial charge in [0.25, 0.3) is 0 Å². The average Bonchev–Trinajstić information content (AvgIpc) is 3.09. The number of alkyl halides is 2. The van der Waals surface area contributed by atoms with Gasteiger partial charge in [-0.25, -0.2) is 9.37 Å². The summed E-state index contributed by atoms with van der Waals surface area (Å²) >= 11 is 0. The molecule has 0 aliphatic carbocycles. The Hall–Kier alpha value is -3.29. The van der Waals surface area contributed by atoms with E-state index in [9.17, 15) is 13.2 Å². The second kappa shape index (κ2) is 8.19. The van der Waals surface area contributed by atoms with E-state index >= 15 is 0 Å². The molecule has 5 nitrogen and oxygen atoms in total. The van der Waals surface area contributed by atoms with Crippen molar-refractivity contribution in [2.24, 2.45) is 5.16 Å². The highest BCUT2D eigenvalue weighted by atomic mass is 19.3. The molecule has 0 atom stereocenters. The van der Waals surface area contributed by atoms with Crippen molar-refractivity contribution < 1.29 is 27.2 Å². The van der Waals surface area contributed by atoms with Crippen LogP contribution in [0.25, 0.3) is 11.5 Å². The third-order valence-corrected chi connectivity index (χ3v) is 3.26. The van der Waals surface area contributed by atoms with Crippen LogP contribution in [0.4, 0.5) is 13.2 Å². The molecule has 0 unspecified atom stereocenters. The highest BCUT2D eigenvalue weighted by Crippen LogP contribution is 2.20. The zero-order valence-corrected chi connectivity index (χ0v) is 13.3. The number of oxime groups is 1. The molecule has 0 amide bonds. The van der Waals surface area contributed by atoms with Crippen molar-refractivity contribution in [3.05, 3.63) is 71.9 Å². The van der Waals surface area contributed by atoms with Crippen LogP contribution < -0.4 is 4.74 Å². The predicted molar refractivity (Wildman–Crippen MR) is 87.4 cm³/mol. The van der Waals surface area contributed by atoms with E-state index in [1.807, 2.05) is 0 Å². The summed E-state index contributed by atoms with van der Waals surface area (Å²) in [5, 5.41) is 3.72. The standard InChI is InChI=1S/C18H13F3N2O3/c19-14-7-5-12(6-8-14)17-23-15(10-24-17)11-25-22-9-13-3-1-2-4-16(13)26-18(20)21/h1-10,18H,11H2/b22-9+. The third-order valence-electron chi connectivity index (χ3n) is 3.26. The van der Waals surface area contributed by atoms with Crippen LogP contribution in [0.15, 0.2) is 64.4 Å². The second-order valence-corrected chi connectivity index (χ2v) is 5.08. The Bertz CT molecular complexity index is 879. The molecule has 0 saturated heterocycles. The molecule has 2 aromatic carbocycles. The fourth-order valence-electron chi connectivity index (χ4n) is 2.09. The number of rotatable bonds is 7. The molecule has 0 saturated carbocycles. The lowest BCUT2D eigenvalue weighted by atomic mass is 10.2. The van der Waals surface area contributed by atoms with Gasteiger partial charge in [0.05, 0.1) is 6.21 Å². The summed E-state index contributed by atoms with van der Waals surface area (Å²) in [4.78, 5) is 9.30. The van der Waals surface area contributed by atoms with Crippen LogP contribution in [-0.2, 0) is 11.4 Å². The van der Waals surface area contributed by atoms with Gasteiger partial charge in [-0.15, -0.1) is 0 Å². The SMILES string of the molecule is Fc1ccc(-c2nc(CO/N=C/c3ccccc3OC(F)F)co2)cc1. The van der Waals surface area contributed by atoms with E-state index in [0.29, 0.717) is 22.7 Å². The van der Waals surface area contributed by atoms with E-state index in [2.05, 4.69) is 14.9 Å².